The molecule has 0 aliphatic carbocycles. The first-order chi connectivity index (χ1) is 8.63. The normalized spacial score (nSPS) is 10.4. The average Bonchev–Trinajstić information content (AvgIpc) is 2.33. The molecule has 1 aromatic rings. The van der Waals surface area contributed by atoms with E-state index in [9.17, 15) is 4.79 Å². The molecule has 0 saturated heterocycles. The molecule has 0 heterocycles. The third-order valence-electron chi connectivity index (χ3n) is 2.35. The second-order valence-corrected chi connectivity index (χ2v) is 5.10. The van der Waals surface area contributed by atoms with Crippen LogP contribution in [0.25, 0.3) is 0 Å². The van der Waals surface area contributed by atoms with Gasteiger partial charge in [0.1, 0.15) is 0 Å². The molecule has 0 amide bonds. The van der Waals surface area contributed by atoms with Crippen LogP contribution >= 0.6 is 27.5 Å². The van der Waals surface area contributed by atoms with Crippen molar-refractivity contribution >= 4 is 33.5 Å². The minimum absolute atomic E-state index is 0.131. The zero-order chi connectivity index (χ0) is 13.4. The Balaban J connectivity index is 2.18. The second kappa shape index (κ2) is 8.51. The Labute approximate surface area is 121 Å². The molecule has 0 bridgehead atoms. The Morgan fingerprint density at radius 2 is 2.28 bits per heavy atom. The maximum Gasteiger partial charge on any atom is 0.305 e. The summed E-state index contributed by atoms with van der Waals surface area (Å²) in [6.07, 6.45) is 1.25. The average molecular weight is 335 g/mol. The van der Waals surface area contributed by atoms with Crippen LogP contribution in [0.4, 0.5) is 0 Å². The minimum atomic E-state index is -0.131. The van der Waals surface area contributed by atoms with Crippen molar-refractivity contribution in [1.29, 1.82) is 0 Å². The van der Waals surface area contributed by atoms with Gasteiger partial charge in [0.15, 0.2) is 0 Å². The lowest BCUT2D eigenvalue weighted by Crippen LogP contribution is -2.16. The number of rotatable bonds is 7. The van der Waals surface area contributed by atoms with Gasteiger partial charge in [0, 0.05) is 17.4 Å². The molecule has 0 spiro atoms. The van der Waals surface area contributed by atoms with Crippen molar-refractivity contribution in [2.45, 2.75) is 26.3 Å². The van der Waals surface area contributed by atoms with Crippen LogP contribution in [0.5, 0.6) is 0 Å². The third kappa shape index (κ3) is 5.85. The summed E-state index contributed by atoms with van der Waals surface area (Å²) in [6.45, 7) is 3.82. The molecule has 5 heteroatoms. The van der Waals surface area contributed by atoms with Crippen molar-refractivity contribution < 1.29 is 9.53 Å². The van der Waals surface area contributed by atoms with Crippen molar-refractivity contribution in [2.75, 3.05) is 13.2 Å². The van der Waals surface area contributed by atoms with Crippen molar-refractivity contribution in [2.24, 2.45) is 0 Å². The first-order valence-electron chi connectivity index (χ1n) is 5.93. The first kappa shape index (κ1) is 15.5. The van der Waals surface area contributed by atoms with E-state index in [0.717, 1.165) is 29.5 Å². The van der Waals surface area contributed by atoms with Crippen LogP contribution in [0.1, 0.15) is 25.3 Å². The fourth-order valence-electron chi connectivity index (χ4n) is 1.47. The number of halogens is 2. The van der Waals surface area contributed by atoms with E-state index in [1.165, 1.54) is 0 Å². The molecule has 1 aromatic carbocycles. The number of hydrogen-bond acceptors (Lipinski definition) is 3. The fourth-order valence-corrected chi connectivity index (χ4v) is 2.02. The number of benzene rings is 1. The van der Waals surface area contributed by atoms with Crippen LogP contribution in [-0.2, 0) is 16.1 Å². The molecular weight excluding hydrogens is 318 g/mol. The number of carbonyl (C=O) groups excluding carboxylic acids is 1. The summed E-state index contributed by atoms with van der Waals surface area (Å²) in [7, 11) is 0. The topological polar surface area (TPSA) is 38.3 Å². The molecule has 18 heavy (non-hydrogen) atoms. The summed E-state index contributed by atoms with van der Waals surface area (Å²) in [5.41, 5.74) is 1.16. The van der Waals surface area contributed by atoms with E-state index in [-0.39, 0.29) is 5.97 Å². The van der Waals surface area contributed by atoms with Gasteiger partial charge in [-0.2, -0.15) is 0 Å². The fraction of sp³-hybridized carbons (Fsp3) is 0.462. The highest BCUT2D eigenvalue weighted by molar-refractivity contribution is 9.10. The van der Waals surface area contributed by atoms with Gasteiger partial charge < -0.3 is 10.1 Å². The monoisotopic (exact) mass is 333 g/mol. The molecule has 0 fully saturated rings. The summed E-state index contributed by atoms with van der Waals surface area (Å²) in [6, 6.07) is 5.83. The lowest BCUT2D eigenvalue weighted by atomic mass is 10.2. The van der Waals surface area contributed by atoms with Gasteiger partial charge in [-0.25, -0.2) is 0 Å². The third-order valence-corrected chi connectivity index (χ3v) is 3.57. The number of ether oxygens (including phenoxy) is 1. The van der Waals surface area contributed by atoms with E-state index in [1.807, 2.05) is 25.1 Å². The Hall–Kier alpha value is -0.580. The summed E-state index contributed by atoms with van der Waals surface area (Å²) in [4.78, 5) is 11.1. The quantitative estimate of drug-likeness (QED) is 0.612. The zero-order valence-electron chi connectivity index (χ0n) is 10.3. The van der Waals surface area contributed by atoms with Gasteiger partial charge in [-0.15, -0.1) is 0 Å². The number of carbonyl (C=O) groups is 1. The van der Waals surface area contributed by atoms with Crippen molar-refractivity contribution in [1.82, 2.24) is 5.32 Å². The van der Waals surface area contributed by atoms with Crippen LogP contribution in [0, 0.1) is 0 Å². The second-order valence-electron chi connectivity index (χ2n) is 3.83. The van der Waals surface area contributed by atoms with E-state index in [4.69, 9.17) is 16.3 Å². The standard InChI is InChI=1S/C13H17BrClNO2/c1-2-18-13(17)4-3-7-16-9-10-5-6-12(15)11(14)8-10/h5-6,8,16H,2-4,7,9H2,1H3. The van der Waals surface area contributed by atoms with Crippen molar-refractivity contribution in [3.63, 3.8) is 0 Å². The SMILES string of the molecule is CCOC(=O)CCCNCc1ccc(Cl)c(Br)c1. The number of esters is 1. The molecule has 3 nitrogen and oxygen atoms in total. The van der Waals surface area contributed by atoms with Gasteiger partial charge in [-0.05, 0) is 53.5 Å². The van der Waals surface area contributed by atoms with Crippen LogP contribution in [0.15, 0.2) is 22.7 Å². The molecule has 0 saturated carbocycles. The molecular formula is C13H17BrClNO2. The lowest BCUT2D eigenvalue weighted by molar-refractivity contribution is -0.143. The van der Waals surface area contributed by atoms with Crippen LogP contribution in [0.2, 0.25) is 5.02 Å². The van der Waals surface area contributed by atoms with Gasteiger partial charge >= 0.3 is 5.97 Å². The van der Waals surface area contributed by atoms with E-state index in [0.29, 0.717) is 18.1 Å². The first-order valence-corrected chi connectivity index (χ1v) is 7.11. The van der Waals surface area contributed by atoms with Gasteiger partial charge in [-0.3, -0.25) is 4.79 Å². The predicted molar refractivity (Wildman–Crippen MR) is 76.7 cm³/mol. The summed E-state index contributed by atoms with van der Waals surface area (Å²) >= 11 is 9.29. The maximum absolute atomic E-state index is 11.1. The van der Waals surface area contributed by atoms with Gasteiger partial charge in [0.25, 0.3) is 0 Å². The van der Waals surface area contributed by atoms with E-state index in [1.54, 1.807) is 0 Å². The Bertz CT molecular complexity index is 399. The van der Waals surface area contributed by atoms with E-state index >= 15 is 0 Å². The molecule has 0 aromatic heterocycles. The van der Waals surface area contributed by atoms with Crippen LogP contribution in [0.3, 0.4) is 0 Å². The summed E-state index contributed by atoms with van der Waals surface area (Å²) in [5.74, 6) is -0.131. The molecule has 0 aliphatic heterocycles. The largest absolute Gasteiger partial charge is 0.466 e. The highest BCUT2D eigenvalue weighted by Gasteiger charge is 2.01. The predicted octanol–water partition coefficient (Wildman–Crippen LogP) is 3.54. The molecule has 1 N–H and O–H groups in total. The Kier molecular flexibility index (Phi) is 7.32. The van der Waals surface area contributed by atoms with Gasteiger partial charge in [0.05, 0.1) is 11.6 Å². The maximum atomic E-state index is 11.1. The molecule has 1 rings (SSSR count). The number of hydrogen-bond donors (Lipinski definition) is 1. The zero-order valence-corrected chi connectivity index (χ0v) is 12.7. The van der Waals surface area contributed by atoms with Gasteiger partial charge in [-0.1, -0.05) is 17.7 Å². The van der Waals surface area contributed by atoms with Crippen molar-refractivity contribution in [3.8, 4) is 0 Å². The van der Waals surface area contributed by atoms with Crippen LogP contribution in [-0.4, -0.2) is 19.1 Å². The molecule has 0 aliphatic rings. The molecule has 0 unspecified atom stereocenters. The van der Waals surface area contributed by atoms with Gasteiger partial charge in [0.2, 0.25) is 0 Å². The Morgan fingerprint density at radius 1 is 1.50 bits per heavy atom. The highest BCUT2D eigenvalue weighted by Crippen LogP contribution is 2.23. The smallest absolute Gasteiger partial charge is 0.305 e. The number of nitrogens with one attached hydrogen (secondary N) is 1. The van der Waals surface area contributed by atoms with Crippen molar-refractivity contribution in [3.05, 3.63) is 33.3 Å². The molecule has 0 atom stereocenters. The molecule has 0 radical (unpaired) electrons. The lowest BCUT2D eigenvalue weighted by Gasteiger charge is -2.06. The van der Waals surface area contributed by atoms with E-state index in [2.05, 4.69) is 21.2 Å². The molecule has 100 valence electrons. The van der Waals surface area contributed by atoms with E-state index < -0.39 is 0 Å². The summed E-state index contributed by atoms with van der Waals surface area (Å²) < 4.78 is 5.75. The highest BCUT2D eigenvalue weighted by atomic mass is 79.9. The summed E-state index contributed by atoms with van der Waals surface area (Å²) in [5, 5.41) is 3.98. The Morgan fingerprint density at radius 3 is 2.94 bits per heavy atom. The minimum Gasteiger partial charge on any atom is -0.466 e. The van der Waals surface area contributed by atoms with Crippen LogP contribution < -0.4 is 5.32 Å².